The Kier molecular flexibility index (Phi) is 5.90. The number of hydrogen-bond donors (Lipinski definition) is 1. The van der Waals surface area contributed by atoms with Gasteiger partial charge in [0.15, 0.2) is 0 Å². The highest BCUT2D eigenvalue weighted by atomic mass is 16.3. The van der Waals surface area contributed by atoms with Gasteiger partial charge in [-0.25, -0.2) is 0 Å². The molecule has 0 saturated heterocycles. The number of aliphatic hydroxyl groups is 1. The van der Waals surface area contributed by atoms with Crippen LogP contribution in [0.3, 0.4) is 0 Å². The maximum absolute atomic E-state index is 9.68. The van der Waals surface area contributed by atoms with E-state index in [1.54, 1.807) is 0 Å². The van der Waals surface area contributed by atoms with Crippen LogP contribution in [0.5, 0.6) is 0 Å². The molecule has 0 unspecified atom stereocenters. The minimum Gasteiger partial charge on any atom is -0.390 e. The summed E-state index contributed by atoms with van der Waals surface area (Å²) in [4.78, 5) is 4.83. The molecule has 0 heterocycles. The highest BCUT2D eigenvalue weighted by Gasteiger charge is 2.19. The second kappa shape index (κ2) is 6.72. The number of nitrogens with zero attached hydrogens (tertiary/aromatic N) is 2. The molecular weight excluding hydrogens is 212 g/mol. The molecule has 17 heavy (non-hydrogen) atoms. The van der Waals surface area contributed by atoms with Gasteiger partial charge in [-0.05, 0) is 47.2 Å². The average molecular weight is 242 g/mol. The van der Waals surface area contributed by atoms with Crippen molar-refractivity contribution in [3.8, 4) is 0 Å². The Labute approximate surface area is 107 Å². The minimum absolute atomic E-state index is 0.536. The molecular formula is C14H30N2O. The molecule has 3 nitrogen and oxygen atoms in total. The van der Waals surface area contributed by atoms with Crippen LogP contribution in [-0.4, -0.2) is 60.3 Å². The van der Waals surface area contributed by atoms with E-state index >= 15 is 0 Å². The van der Waals surface area contributed by atoms with Gasteiger partial charge in [0.2, 0.25) is 0 Å². The minimum atomic E-state index is -0.536. The van der Waals surface area contributed by atoms with Gasteiger partial charge in [0.1, 0.15) is 0 Å². The molecule has 0 radical (unpaired) electrons. The summed E-state index contributed by atoms with van der Waals surface area (Å²) >= 11 is 0. The molecule has 1 rings (SSSR count). The Morgan fingerprint density at radius 1 is 1.06 bits per heavy atom. The van der Waals surface area contributed by atoms with Gasteiger partial charge < -0.3 is 14.9 Å². The summed E-state index contributed by atoms with van der Waals surface area (Å²) in [7, 11) is 4.40. The van der Waals surface area contributed by atoms with Crippen LogP contribution in [-0.2, 0) is 0 Å². The molecule has 1 saturated carbocycles. The predicted molar refractivity (Wildman–Crippen MR) is 73.3 cm³/mol. The summed E-state index contributed by atoms with van der Waals surface area (Å²) in [5.74, 6) is 0. The first-order chi connectivity index (χ1) is 7.88. The predicted octanol–water partition coefficient (Wildman–Crippen LogP) is 1.95. The van der Waals surface area contributed by atoms with Crippen LogP contribution < -0.4 is 0 Å². The third-order valence-corrected chi connectivity index (χ3v) is 3.89. The first kappa shape index (κ1) is 14.9. The van der Waals surface area contributed by atoms with E-state index in [1.807, 2.05) is 13.8 Å². The molecule has 0 aromatic heterocycles. The van der Waals surface area contributed by atoms with Crippen molar-refractivity contribution in [3.05, 3.63) is 0 Å². The van der Waals surface area contributed by atoms with Crippen LogP contribution in [0.25, 0.3) is 0 Å². The monoisotopic (exact) mass is 242 g/mol. The summed E-state index contributed by atoms with van der Waals surface area (Å²) in [6.45, 7) is 6.98. The third kappa shape index (κ3) is 6.39. The lowest BCUT2D eigenvalue weighted by Gasteiger charge is -2.28. The summed E-state index contributed by atoms with van der Waals surface area (Å²) in [6.07, 6.45) is 6.41. The largest absolute Gasteiger partial charge is 0.390 e. The van der Waals surface area contributed by atoms with Gasteiger partial charge in [-0.3, -0.25) is 0 Å². The zero-order valence-electron chi connectivity index (χ0n) is 12.1. The van der Waals surface area contributed by atoms with Crippen molar-refractivity contribution in [2.45, 2.75) is 57.6 Å². The third-order valence-electron chi connectivity index (χ3n) is 3.89. The van der Waals surface area contributed by atoms with Crippen LogP contribution in [0.4, 0.5) is 0 Å². The van der Waals surface area contributed by atoms with Crippen molar-refractivity contribution in [3.63, 3.8) is 0 Å². The summed E-state index contributed by atoms with van der Waals surface area (Å²) in [6, 6.07) is 0.817. The topological polar surface area (TPSA) is 26.7 Å². The van der Waals surface area contributed by atoms with Gasteiger partial charge in [0.25, 0.3) is 0 Å². The van der Waals surface area contributed by atoms with Crippen molar-refractivity contribution < 1.29 is 5.11 Å². The van der Waals surface area contributed by atoms with Gasteiger partial charge >= 0.3 is 0 Å². The molecule has 102 valence electrons. The van der Waals surface area contributed by atoms with Gasteiger partial charge in [-0.15, -0.1) is 0 Å². The second-order valence-corrected chi connectivity index (χ2v) is 6.28. The normalized spacial score (nSPS) is 18.5. The first-order valence-electron chi connectivity index (χ1n) is 6.99. The molecule has 1 aliphatic carbocycles. The molecule has 0 aromatic rings. The SMILES string of the molecule is CN(CCN(C)C1CCCC1)CCC(C)(C)O. The van der Waals surface area contributed by atoms with Gasteiger partial charge in [-0.1, -0.05) is 12.8 Å². The summed E-state index contributed by atoms with van der Waals surface area (Å²) < 4.78 is 0. The molecule has 1 N–H and O–H groups in total. The van der Waals surface area contributed by atoms with Crippen LogP contribution in [0.1, 0.15) is 46.0 Å². The van der Waals surface area contributed by atoms with Crippen LogP contribution in [0.15, 0.2) is 0 Å². The zero-order chi connectivity index (χ0) is 12.9. The van der Waals surface area contributed by atoms with E-state index in [1.165, 1.54) is 25.7 Å². The molecule has 0 aromatic carbocycles. The quantitative estimate of drug-likeness (QED) is 0.739. The molecule has 1 aliphatic rings. The van der Waals surface area contributed by atoms with E-state index in [9.17, 15) is 5.11 Å². The lowest BCUT2D eigenvalue weighted by atomic mass is 10.1. The second-order valence-electron chi connectivity index (χ2n) is 6.28. The number of rotatable bonds is 7. The molecule has 0 aliphatic heterocycles. The smallest absolute Gasteiger partial charge is 0.0603 e. The fourth-order valence-corrected chi connectivity index (χ4v) is 2.43. The van der Waals surface area contributed by atoms with Gasteiger partial charge in [0.05, 0.1) is 5.60 Å². The molecule has 0 atom stereocenters. The highest BCUT2D eigenvalue weighted by molar-refractivity contribution is 4.76. The number of hydrogen-bond acceptors (Lipinski definition) is 3. The van der Waals surface area contributed by atoms with Crippen LogP contribution in [0, 0.1) is 0 Å². The van der Waals surface area contributed by atoms with Crippen LogP contribution >= 0.6 is 0 Å². The number of likely N-dealkylation sites (N-methyl/N-ethyl adjacent to an activating group) is 2. The lowest BCUT2D eigenvalue weighted by Crippen LogP contribution is -2.37. The molecule has 0 spiro atoms. The first-order valence-corrected chi connectivity index (χ1v) is 6.99. The Balaban J connectivity index is 2.12. The standard InChI is InChI=1S/C14H30N2O/c1-14(2,17)9-10-15(3)11-12-16(4)13-7-5-6-8-13/h13,17H,5-12H2,1-4H3. The van der Waals surface area contributed by atoms with E-state index in [-0.39, 0.29) is 0 Å². The Morgan fingerprint density at radius 2 is 1.65 bits per heavy atom. The average Bonchev–Trinajstić information content (AvgIpc) is 2.75. The van der Waals surface area contributed by atoms with Gasteiger partial charge in [-0.2, -0.15) is 0 Å². The maximum atomic E-state index is 9.68. The Bertz CT molecular complexity index is 207. The van der Waals surface area contributed by atoms with E-state index < -0.39 is 5.60 Å². The Morgan fingerprint density at radius 3 is 2.18 bits per heavy atom. The molecule has 0 bridgehead atoms. The van der Waals surface area contributed by atoms with E-state index in [0.29, 0.717) is 0 Å². The molecule has 0 amide bonds. The molecule has 3 heteroatoms. The van der Waals surface area contributed by atoms with Crippen molar-refractivity contribution >= 4 is 0 Å². The zero-order valence-corrected chi connectivity index (χ0v) is 12.1. The van der Waals surface area contributed by atoms with E-state index in [0.717, 1.165) is 32.1 Å². The van der Waals surface area contributed by atoms with Crippen molar-refractivity contribution in [1.29, 1.82) is 0 Å². The van der Waals surface area contributed by atoms with E-state index in [2.05, 4.69) is 23.9 Å². The lowest BCUT2D eigenvalue weighted by molar-refractivity contribution is 0.0593. The van der Waals surface area contributed by atoms with Gasteiger partial charge in [0, 0.05) is 25.7 Å². The Hall–Kier alpha value is -0.120. The highest BCUT2D eigenvalue weighted by Crippen LogP contribution is 2.22. The van der Waals surface area contributed by atoms with Crippen LogP contribution in [0.2, 0.25) is 0 Å². The summed E-state index contributed by atoms with van der Waals surface area (Å²) in [5, 5.41) is 9.68. The fourth-order valence-electron chi connectivity index (χ4n) is 2.43. The van der Waals surface area contributed by atoms with Crippen molar-refractivity contribution in [1.82, 2.24) is 9.80 Å². The molecule has 1 fully saturated rings. The maximum Gasteiger partial charge on any atom is 0.0603 e. The fraction of sp³-hybridized carbons (Fsp3) is 1.00. The summed E-state index contributed by atoms with van der Waals surface area (Å²) in [5.41, 5.74) is -0.536. The van der Waals surface area contributed by atoms with E-state index in [4.69, 9.17) is 0 Å². The van der Waals surface area contributed by atoms with Crippen molar-refractivity contribution in [2.24, 2.45) is 0 Å². The van der Waals surface area contributed by atoms with Crippen molar-refractivity contribution in [2.75, 3.05) is 33.7 Å².